The molecule has 162 valence electrons. The van der Waals surface area contributed by atoms with Gasteiger partial charge in [0.15, 0.2) is 18.0 Å². The summed E-state index contributed by atoms with van der Waals surface area (Å²) < 4.78 is 10.7. The largest absolute Gasteiger partial charge is 0.493 e. The Hall–Kier alpha value is -1.79. The second-order valence-corrected chi connectivity index (χ2v) is 8.98. The summed E-state index contributed by atoms with van der Waals surface area (Å²) in [6.07, 6.45) is 3.67. The van der Waals surface area contributed by atoms with Crippen LogP contribution in [-0.2, 0) is 11.3 Å². The van der Waals surface area contributed by atoms with Gasteiger partial charge >= 0.3 is 0 Å². The van der Waals surface area contributed by atoms with Crippen molar-refractivity contribution in [2.75, 3.05) is 46.9 Å². The van der Waals surface area contributed by atoms with Crippen LogP contribution in [0.3, 0.4) is 0 Å². The van der Waals surface area contributed by atoms with E-state index in [0.717, 1.165) is 50.6 Å². The molecule has 2 aliphatic rings. The smallest absolute Gasteiger partial charge is 0.275 e. The minimum atomic E-state index is 0.231. The van der Waals surface area contributed by atoms with Crippen molar-refractivity contribution in [2.45, 2.75) is 45.7 Å². The summed E-state index contributed by atoms with van der Waals surface area (Å²) in [6, 6.07) is 6.53. The summed E-state index contributed by atoms with van der Waals surface area (Å²) in [7, 11) is 3.34. The maximum absolute atomic E-state index is 12.6. The van der Waals surface area contributed by atoms with Gasteiger partial charge in [-0.3, -0.25) is 4.79 Å². The molecule has 0 bridgehead atoms. The van der Waals surface area contributed by atoms with Crippen molar-refractivity contribution in [3.8, 4) is 11.5 Å². The van der Waals surface area contributed by atoms with Crippen LogP contribution in [0.25, 0.3) is 0 Å². The van der Waals surface area contributed by atoms with E-state index in [1.807, 2.05) is 6.07 Å². The molecule has 6 heteroatoms. The van der Waals surface area contributed by atoms with Crippen LogP contribution < -0.4 is 24.6 Å². The number of amides is 1. The van der Waals surface area contributed by atoms with Crippen molar-refractivity contribution in [1.82, 2.24) is 5.32 Å². The average Bonchev–Trinajstić information content (AvgIpc) is 2.72. The zero-order chi connectivity index (χ0) is 20.8. The summed E-state index contributed by atoms with van der Waals surface area (Å²) in [6.45, 7) is 10.5. The molecule has 3 rings (SSSR count). The normalized spacial score (nSPS) is 29.9. The SMILES string of the molecule is COc1ccc(C[NH+]2CC[NH+](CC(=O)N[C@H]3CCC[C@@H](C)[C@H]3C)CC2)cc1OC. The molecule has 0 radical (unpaired) electrons. The van der Waals surface area contributed by atoms with E-state index in [9.17, 15) is 4.79 Å². The standard InChI is InChI=1S/C23H37N3O3/c1-17-6-5-7-20(18(17)2)24-23(27)16-26-12-10-25(11-13-26)15-19-8-9-21(28-3)22(14-19)29-4/h8-9,14,17-18,20H,5-7,10-13,15-16H2,1-4H3,(H,24,27)/p+2/t17-,18-,20+/m1/s1. The second-order valence-electron chi connectivity index (χ2n) is 8.98. The van der Waals surface area contributed by atoms with Crippen LogP contribution in [0.1, 0.15) is 38.7 Å². The number of quaternary nitrogens is 2. The number of carbonyl (C=O) groups excluding carboxylic acids is 1. The molecule has 0 unspecified atom stereocenters. The lowest BCUT2D eigenvalue weighted by Gasteiger charge is -2.35. The minimum absolute atomic E-state index is 0.231. The van der Waals surface area contributed by atoms with E-state index >= 15 is 0 Å². The summed E-state index contributed by atoms with van der Waals surface area (Å²) in [5, 5.41) is 3.33. The van der Waals surface area contributed by atoms with Crippen molar-refractivity contribution in [2.24, 2.45) is 11.8 Å². The Kier molecular flexibility index (Phi) is 7.78. The number of carbonyl (C=O) groups is 1. The van der Waals surface area contributed by atoms with Crippen molar-refractivity contribution >= 4 is 5.91 Å². The lowest BCUT2D eigenvalue weighted by Crippen LogP contribution is -3.28. The molecule has 1 heterocycles. The Balaban J connectivity index is 1.43. The molecule has 1 aromatic carbocycles. The first-order valence-electron chi connectivity index (χ1n) is 11.2. The van der Waals surface area contributed by atoms with Gasteiger partial charge in [-0.05, 0) is 36.5 Å². The zero-order valence-corrected chi connectivity index (χ0v) is 18.6. The highest BCUT2D eigenvalue weighted by Crippen LogP contribution is 2.29. The molecule has 1 saturated carbocycles. The molecular formula is C23H39N3O3+2. The maximum atomic E-state index is 12.6. The summed E-state index contributed by atoms with van der Waals surface area (Å²) >= 11 is 0. The first-order valence-corrected chi connectivity index (χ1v) is 11.2. The van der Waals surface area contributed by atoms with Gasteiger partial charge in [-0.25, -0.2) is 0 Å². The van der Waals surface area contributed by atoms with Crippen LogP contribution >= 0.6 is 0 Å². The third-order valence-corrected chi connectivity index (χ3v) is 7.03. The Bertz CT molecular complexity index is 673. The van der Waals surface area contributed by atoms with E-state index in [2.05, 4.69) is 31.3 Å². The Morgan fingerprint density at radius 2 is 1.72 bits per heavy atom. The van der Waals surface area contributed by atoms with Gasteiger partial charge in [-0.15, -0.1) is 0 Å². The van der Waals surface area contributed by atoms with Gasteiger partial charge in [-0.2, -0.15) is 0 Å². The van der Waals surface area contributed by atoms with E-state index in [1.54, 1.807) is 19.1 Å². The van der Waals surface area contributed by atoms with E-state index < -0.39 is 0 Å². The van der Waals surface area contributed by atoms with Gasteiger partial charge in [0.05, 0.1) is 14.2 Å². The highest BCUT2D eigenvalue weighted by Gasteiger charge is 2.30. The van der Waals surface area contributed by atoms with Gasteiger partial charge < -0.3 is 24.6 Å². The number of hydrogen-bond donors (Lipinski definition) is 3. The van der Waals surface area contributed by atoms with Crippen molar-refractivity contribution in [1.29, 1.82) is 0 Å². The molecule has 29 heavy (non-hydrogen) atoms. The predicted octanol–water partition coefficient (Wildman–Crippen LogP) is -0.0719. The average molecular weight is 406 g/mol. The molecule has 0 aromatic heterocycles. The fourth-order valence-corrected chi connectivity index (χ4v) is 4.86. The number of hydrogen-bond acceptors (Lipinski definition) is 3. The highest BCUT2D eigenvalue weighted by molar-refractivity contribution is 5.77. The molecule has 1 aromatic rings. The molecule has 2 fully saturated rings. The van der Waals surface area contributed by atoms with Crippen LogP contribution in [0, 0.1) is 11.8 Å². The predicted molar refractivity (Wildman–Crippen MR) is 114 cm³/mol. The lowest BCUT2D eigenvalue weighted by atomic mass is 9.78. The van der Waals surface area contributed by atoms with E-state index in [1.165, 1.54) is 23.3 Å². The Labute approximate surface area is 175 Å². The quantitative estimate of drug-likeness (QED) is 0.595. The second kappa shape index (κ2) is 10.3. The van der Waals surface area contributed by atoms with Gasteiger partial charge in [0, 0.05) is 11.6 Å². The molecule has 0 spiro atoms. The number of methoxy groups -OCH3 is 2. The molecule has 1 aliphatic carbocycles. The molecular weight excluding hydrogens is 366 g/mol. The number of rotatable bonds is 7. The van der Waals surface area contributed by atoms with Gasteiger partial charge in [0.2, 0.25) is 0 Å². The molecule has 6 nitrogen and oxygen atoms in total. The van der Waals surface area contributed by atoms with Gasteiger partial charge in [0.25, 0.3) is 5.91 Å². The van der Waals surface area contributed by atoms with Crippen LogP contribution in [-0.4, -0.2) is 58.9 Å². The highest BCUT2D eigenvalue weighted by atomic mass is 16.5. The van der Waals surface area contributed by atoms with E-state index in [-0.39, 0.29) is 5.91 Å². The third kappa shape index (κ3) is 5.86. The van der Waals surface area contributed by atoms with Crippen molar-refractivity contribution in [3.05, 3.63) is 23.8 Å². The molecule has 1 aliphatic heterocycles. The van der Waals surface area contributed by atoms with Crippen LogP contribution in [0.15, 0.2) is 18.2 Å². The summed E-state index contributed by atoms with van der Waals surface area (Å²) in [5.41, 5.74) is 1.26. The van der Waals surface area contributed by atoms with Crippen LogP contribution in [0.5, 0.6) is 11.5 Å². The van der Waals surface area contributed by atoms with E-state index in [0.29, 0.717) is 24.4 Å². The van der Waals surface area contributed by atoms with Crippen molar-refractivity contribution < 1.29 is 24.1 Å². The molecule has 3 N–H and O–H groups in total. The van der Waals surface area contributed by atoms with E-state index in [4.69, 9.17) is 9.47 Å². The van der Waals surface area contributed by atoms with Crippen LogP contribution in [0.4, 0.5) is 0 Å². The Morgan fingerprint density at radius 3 is 2.41 bits per heavy atom. The number of benzene rings is 1. The van der Waals surface area contributed by atoms with Crippen LogP contribution in [0.2, 0.25) is 0 Å². The molecule has 1 amide bonds. The first kappa shape index (κ1) is 21.9. The number of piperazine rings is 1. The zero-order valence-electron chi connectivity index (χ0n) is 18.6. The topological polar surface area (TPSA) is 56.4 Å². The summed E-state index contributed by atoms with van der Waals surface area (Å²) in [5.74, 6) is 3.09. The van der Waals surface area contributed by atoms with Gasteiger partial charge in [0.1, 0.15) is 32.7 Å². The van der Waals surface area contributed by atoms with Gasteiger partial charge in [-0.1, -0.05) is 26.7 Å². The fraction of sp³-hybridized carbons (Fsp3) is 0.696. The minimum Gasteiger partial charge on any atom is -0.493 e. The first-order chi connectivity index (χ1) is 14.0. The third-order valence-electron chi connectivity index (χ3n) is 7.03. The number of nitrogens with one attached hydrogen (secondary N) is 3. The monoisotopic (exact) mass is 405 g/mol. The maximum Gasteiger partial charge on any atom is 0.275 e. The number of ether oxygens (including phenoxy) is 2. The molecule has 3 atom stereocenters. The lowest BCUT2D eigenvalue weighted by molar-refractivity contribution is -1.02. The molecule has 1 saturated heterocycles. The van der Waals surface area contributed by atoms with Crippen molar-refractivity contribution in [3.63, 3.8) is 0 Å². The fourth-order valence-electron chi connectivity index (χ4n) is 4.86. The Morgan fingerprint density at radius 1 is 1.03 bits per heavy atom. The summed E-state index contributed by atoms with van der Waals surface area (Å²) in [4.78, 5) is 15.5.